The van der Waals surface area contributed by atoms with Crippen LogP contribution in [-0.2, 0) is 0 Å². The number of allylic oxidation sites excluding steroid dienone is 3. The van der Waals surface area contributed by atoms with E-state index in [4.69, 9.17) is 0 Å². The quantitative estimate of drug-likeness (QED) is 0.806. The van der Waals surface area contributed by atoms with E-state index in [1.54, 1.807) is 0 Å². The summed E-state index contributed by atoms with van der Waals surface area (Å²) < 4.78 is 1.08. The molecule has 2 heterocycles. The predicted octanol–water partition coefficient (Wildman–Crippen LogP) is 2.18. The van der Waals surface area contributed by atoms with Gasteiger partial charge in [0, 0.05) is 10.5 Å². The maximum Gasteiger partial charge on any atom is 0.348 e. The number of fused-ring (bicyclic) bond motifs is 1. The van der Waals surface area contributed by atoms with Crippen LogP contribution in [0.1, 0.15) is 19.3 Å². The summed E-state index contributed by atoms with van der Waals surface area (Å²) in [7, 11) is 0. The van der Waals surface area contributed by atoms with Gasteiger partial charge in [-0.15, -0.1) is 0 Å². The van der Waals surface area contributed by atoms with E-state index in [-0.39, 0.29) is 6.03 Å². The van der Waals surface area contributed by atoms with Crippen LogP contribution >= 0.6 is 15.9 Å². The van der Waals surface area contributed by atoms with E-state index < -0.39 is 0 Å². The molecule has 2 aliphatic heterocycles. The molecule has 3 aliphatic rings. The molecule has 2 amide bonds. The van der Waals surface area contributed by atoms with Gasteiger partial charge in [0.05, 0.1) is 11.4 Å². The topological polar surface area (TPSA) is 44.7 Å². The molecule has 1 N–H and O–H groups in total. The average Bonchev–Trinajstić information content (AvgIpc) is 2.65. The summed E-state index contributed by atoms with van der Waals surface area (Å²) in [6.07, 6.45) is 6.92. The van der Waals surface area contributed by atoms with Gasteiger partial charge in [-0.1, -0.05) is 22.0 Å². The first-order chi connectivity index (χ1) is 8.25. The maximum absolute atomic E-state index is 12.0. The number of halogens is 1. The van der Waals surface area contributed by atoms with E-state index in [1.807, 2.05) is 11.0 Å². The summed E-state index contributed by atoms with van der Waals surface area (Å²) in [5.74, 6) is 0. The fourth-order valence-corrected chi connectivity index (χ4v) is 2.95. The van der Waals surface area contributed by atoms with Gasteiger partial charge in [0.2, 0.25) is 0 Å². The van der Waals surface area contributed by atoms with Crippen molar-refractivity contribution in [2.24, 2.45) is 4.99 Å². The van der Waals surface area contributed by atoms with Crippen molar-refractivity contribution in [2.75, 3.05) is 13.1 Å². The monoisotopic (exact) mass is 295 g/mol. The molecule has 0 saturated carbocycles. The fraction of sp³-hybridized carbons (Fsp3) is 0.500. The Morgan fingerprint density at radius 2 is 2.18 bits per heavy atom. The van der Waals surface area contributed by atoms with Crippen molar-refractivity contribution in [3.05, 3.63) is 22.3 Å². The Balaban J connectivity index is 1.86. The molecule has 3 rings (SSSR count). The SMILES string of the molecule is O=C1N=C2C=C(Br)CC=C2N1C1CCNCC1. The van der Waals surface area contributed by atoms with Gasteiger partial charge in [-0.2, -0.15) is 4.99 Å². The number of piperidine rings is 1. The number of nitrogens with zero attached hydrogens (tertiary/aromatic N) is 2. The van der Waals surface area contributed by atoms with Crippen molar-refractivity contribution in [1.29, 1.82) is 0 Å². The molecule has 0 atom stereocenters. The molecule has 1 saturated heterocycles. The van der Waals surface area contributed by atoms with Crippen LogP contribution in [0.2, 0.25) is 0 Å². The zero-order valence-corrected chi connectivity index (χ0v) is 11.0. The lowest BCUT2D eigenvalue weighted by Crippen LogP contribution is -2.43. The lowest BCUT2D eigenvalue weighted by atomic mass is 10.0. The van der Waals surface area contributed by atoms with Gasteiger partial charge >= 0.3 is 6.03 Å². The molecule has 1 fully saturated rings. The van der Waals surface area contributed by atoms with Gasteiger partial charge in [-0.3, -0.25) is 4.90 Å². The van der Waals surface area contributed by atoms with Crippen LogP contribution in [0.15, 0.2) is 27.3 Å². The largest absolute Gasteiger partial charge is 0.348 e. The third-order valence-electron chi connectivity index (χ3n) is 3.40. The highest BCUT2D eigenvalue weighted by molar-refractivity contribution is 9.11. The minimum absolute atomic E-state index is 0.100. The molecule has 5 heteroatoms. The highest BCUT2D eigenvalue weighted by atomic mass is 79.9. The minimum atomic E-state index is -0.100. The molecule has 17 heavy (non-hydrogen) atoms. The van der Waals surface area contributed by atoms with Gasteiger partial charge in [-0.25, -0.2) is 4.79 Å². The third kappa shape index (κ3) is 1.98. The van der Waals surface area contributed by atoms with Gasteiger partial charge in [0.15, 0.2) is 0 Å². The van der Waals surface area contributed by atoms with Crippen molar-refractivity contribution in [1.82, 2.24) is 10.2 Å². The Kier molecular flexibility index (Phi) is 2.88. The van der Waals surface area contributed by atoms with Crippen molar-refractivity contribution in [3.8, 4) is 0 Å². The Morgan fingerprint density at radius 3 is 2.94 bits per heavy atom. The average molecular weight is 296 g/mol. The molecule has 4 nitrogen and oxygen atoms in total. The summed E-state index contributed by atoms with van der Waals surface area (Å²) >= 11 is 3.46. The van der Waals surface area contributed by atoms with Gasteiger partial charge in [0.1, 0.15) is 0 Å². The lowest BCUT2D eigenvalue weighted by molar-refractivity contribution is 0.197. The number of hydrogen-bond acceptors (Lipinski definition) is 2. The molecule has 0 unspecified atom stereocenters. The zero-order valence-electron chi connectivity index (χ0n) is 9.45. The summed E-state index contributed by atoms with van der Waals surface area (Å²) in [4.78, 5) is 18.0. The van der Waals surface area contributed by atoms with Crippen LogP contribution < -0.4 is 5.32 Å². The second-order valence-electron chi connectivity index (χ2n) is 4.52. The number of rotatable bonds is 1. The van der Waals surface area contributed by atoms with Crippen molar-refractivity contribution in [3.63, 3.8) is 0 Å². The Bertz CT molecular complexity index is 447. The van der Waals surface area contributed by atoms with E-state index >= 15 is 0 Å². The summed E-state index contributed by atoms with van der Waals surface area (Å²) in [6, 6.07) is 0.207. The minimum Gasteiger partial charge on any atom is -0.317 e. The summed E-state index contributed by atoms with van der Waals surface area (Å²) in [5, 5.41) is 3.32. The molecule has 0 spiro atoms. The number of hydrogen-bond donors (Lipinski definition) is 1. The third-order valence-corrected chi connectivity index (χ3v) is 3.95. The number of urea groups is 1. The van der Waals surface area contributed by atoms with Crippen LogP contribution in [-0.4, -0.2) is 35.8 Å². The van der Waals surface area contributed by atoms with E-state index in [0.717, 1.165) is 48.2 Å². The summed E-state index contributed by atoms with van der Waals surface area (Å²) in [5.41, 5.74) is 1.82. The highest BCUT2D eigenvalue weighted by Gasteiger charge is 2.35. The highest BCUT2D eigenvalue weighted by Crippen LogP contribution is 2.30. The molecule has 0 bridgehead atoms. The number of carbonyl (C=O) groups excluding carboxylic acids is 1. The van der Waals surface area contributed by atoms with Crippen LogP contribution in [0.4, 0.5) is 4.79 Å². The molecule has 0 aromatic carbocycles. The van der Waals surface area contributed by atoms with Crippen molar-refractivity contribution < 1.29 is 4.79 Å². The molecular formula is C12H14BrN3O. The van der Waals surface area contributed by atoms with Crippen LogP contribution in [0.3, 0.4) is 0 Å². The van der Waals surface area contributed by atoms with E-state index in [2.05, 4.69) is 32.3 Å². The second-order valence-corrected chi connectivity index (χ2v) is 5.53. The molecule has 0 aromatic heterocycles. The van der Waals surface area contributed by atoms with Crippen molar-refractivity contribution in [2.45, 2.75) is 25.3 Å². The molecular weight excluding hydrogens is 282 g/mol. The van der Waals surface area contributed by atoms with E-state index in [9.17, 15) is 4.79 Å². The van der Waals surface area contributed by atoms with Crippen LogP contribution in [0.5, 0.6) is 0 Å². The lowest BCUT2D eigenvalue weighted by Gasteiger charge is -2.32. The van der Waals surface area contributed by atoms with Crippen LogP contribution in [0, 0.1) is 0 Å². The standard InChI is InChI=1S/C12H14BrN3O/c13-8-1-2-11-10(7-8)15-12(17)16(11)9-3-5-14-6-4-9/h2,7,9,14H,1,3-6H2. The predicted molar refractivity (Wildman–Crippen MR) is 70.3 cm³/mol. The molecule has 90 valence electrons. The van der Waals surface area contributed by atoms with Crippen LogP contribution in [0.25, 0.3) is 0 Å². The first kappa shape index (κ1) is 11.2. The normalized spacial score (nSPS) is 25.4. The van der Waals surface area contributed by atoms with Gasteiger partial charge < -0.3 is 5.32 Å². The maximum atomic E-state index is 12.0. The number of nitrogens with one attached hydrogen (secondary N) is 1. The first-order valence-electron chi connectivity index (χ1n) is 5.95. The van der Waals surface area contributed by atoms with Gasteiger partial charge in [0.25, 0.3) is 0 Å². The van der Waals surface area contributed by atoms with E-state index in [0.29, 0.717) is 6.04 Å². The number of carbonyl (C=O) groups is 1. The first-order valence-corrected chi connectivity index (χ1v) is 6.74. The number of aliphatic imine (C=N–C) groups is 1. The smallest absolute Gasteiger partial charge is 0.317 e. The van der Waals surface area contributed by atoms with Crippen molar-refractivity contribution >= 4 is 27.7 Å². The fourth-order valence-electron chi connectivity index (χ4n) is 2.57. The van der Waals surface area contributed by atoms with Gasteiger partial charge in [-0.05, 0) is 38.4 Å². The molecule has 0 radical (unpaired) electrons. The number of amides is 2. The van der Waals surface area contributed by atoms with E-state index in [1.165, 1.54) is 0 Å². The second kappa shape index (κ2) is 4.38. The Labute approximate surface area is 109 Å². The molecule has 1 aliphatic carbocycles. The summed E-state index contributed by atoms with van der Waals surface area (Å²) in [6.45, 7) is 1.97. The Hall–Kier alpha value is -0.940. The Morgan fingerprint density at radius 1 is 1.41 bits per heavy atom. The molecule has 0 aromatic rings. The zero-order chi connectivity index (χ0) is 11.8.